The summed E-state index contributed by atoms with van der Waals surface area (Å²) < 4.78 is 53.0. The summed E-state index contributed by atoms with van der Waals surface area (Å²) in [6.07, 6.45) is -2.11. The number of aromatic nitrogens is 5. The van der Waals surface area contributed by atoms with Crippen LogP contribution in [0.3, 0.4) is 0 Å². The number of hydrogen-bond acceptors (Lipinski definition) is 4. The maximum absolute atomic E-state index is 13.4. The Morgan fingerprint density at radius 2 is 1.55 bits per heavy atom. The predicted octanol–water partition coefficient (Wildman–Crippen LogP) is 5.11. The Hall–Kier alpha value is -2.93. The molecule has 0 amide bonds. The van der Waals surface area contributed by atoms with E-state index >= 15 is 0 Å². The molecule has 10 heteroatoms. The molecule has 4 rings (SSSR count). The summed E-state index contributed by atoms with van der Waals surface area (Å²) in [5.74, 6) is -0.415. The summed E-state index contributed by atoms with van der Waals surface area (Å²) in [5.41, 5.74) is 1.11. The third-order valence-electron chi connectivity index (χ3n) is 5.03. The van der Waals surface area contributed by atoms with Gasteiger partial charge in [-0.3, -0.25) is 10.1 Å². The minimum Gasteiger partial charge on any atom is -0.343 e. The topological polar surface area (TPSA) is 56.5 Å². The van der Waals surface area contributed by atoms with Crippen LogP contribution in [0.15, 0.2) is 48.5 Å². The van der Waals surface area contributed by atoms with Gasteiger partial charge in [0.15, 0.2) is 0 Å². The minimum absolute atomic E-state index is 0. The van der Waals surface area contributed by atoms with Crippen LogP contribution in [0, 0.1) is 25.1 Å². The SMILES string of the molecule is Cc1nc(F)c[c-]c1-c1cccc(C(C)(C)c2cccc(-n3[c-]cc(C(F)(F)F)n3)n2)n1.[Pt+2]. The van der Waals surface area contributed by atoms with Gasteiger partial charge < -0.3 is 14.6 Å². The summed E-state index contributed by atoms with van der Waals surface area (Å²) in [6.45, 7) is 5.48. The largest absolute Gasteiger partial charge is 2.00 e. The molecule has 0 saturated heterocycles. The number of rotatable bonds is 4. The molecule has 0 saturated carbocycles. The summed E-state index contributed by atoms with van der Waals surface area (Å²) in [5, 5.41) is 3.53. The van der Waals surface area contributed by atoms with Crippen LogP contribution in [-0.4, -0.2) is 24.7 Å². The van der Waals surface area contributed by atoms with E-state index in [0.717, 1.165) is 16.8 Å². The fourth-order valence-electron chi connectivity index (χ4n) is 3.23. The second kappa shape index (κ2) is 9.14. The molecule has 4 aromatic rings. The van der Waals surface area contributed by atoms with E-state index in [-0.39, 0.29) is 26.9 Å². The van der Waals surface area contributed by atoms with E-state index in [1.54, 1.807) is 31.2 Å². The molecular formula is C23H17F4N5Pt. The van der Waals surface area contributed by atoms with Crippen molar-refractivity contribution >= 4 is 0 Å². The van der Waals surface area contributed by atoms with Gasteiger partial charge in [0, 0.05) is 16.8 Å². The number of alkyl halides is 3. The van der Waals surface area contributed by atoms with Crippen molar-refractivity contribution in [3.05, 3.63) is 89.5 Å². The number of halogens is 4. The molecular weight excluding hydrogens is 617 g/mol. The van der Waals surface area contributed by atoms with Crippen molar-refractivity contribution in [2.45, 2.75) is 32.4 Å². The van der Waals surface area contributed by atoms with E-state index in [0.29, 0.717) is 28.3 Å². The summed E-state index contributed by atoms with van der Waals surface area (Å²) in [4.78, 5) is 13.0. The molecule has 4 aromatic heterocycles. The molecule has 0 fully saturated rings. The van der Waals surface area contributed by atoms with Gasteiger partial charge in [-0.05, 0) is 37.4 Å². The van der Waals surface area contributed by atoms with Crippen LogP contribution in [0.4, 0.5) is 17.6 Å². The van der Waals surface area contributed by atoms with Crippen LogP contribution < -0.4 is 0 Å². The molecule has 0 aliphatic rings. The van der Waals surface area contributed by atoms with Gasteiger partial charge in [0.05, 0.1) is 11.5 Å². The van der Waals surface area contributed by atoms with Gasteiger partial charge in [-0.25, -0.2) is 4.39 Å². The molecule has 0 bridgehead atoms. The van der Waals surface area contributed by atoms with Crippen LogP contribution in [0.25, 0.3) is 17.1 Å². The van der Waals surface area contributed by atoms with Gasteiger partial charge >= 0.3 is 27.2 Å². The van der Waals surface area contributed by atoms with Crippen molar-refractivity contribution in [3.8, 4) is 17.1 Å². The molecule has 0 radical (unpaired) electrons. The van der Waals surface area contributed by atoms with Crippen molar-refractivity contribution in [3.63, 3.8) is 0 Å². The molecule has 0 spiro atoms. The van der Waals surface area contributed by atoms with E-state index in [1.165, 1.54) is 0 Å². The minimum atomic E-state index is -4.56. The quantitative estimate of drug-likeness (QED) is 0.178. The second-order valence-corrected chi connectivity index (χ2v) is 7.67. The van der Waals surface area contributed by atoms with Crippen LogP contribution in [0.5, 0.6) is 0 Å². The number of pyridine rings is 3. The third kappa shape index (κ3) is 5.03. The van der Waals surface area contributed by atoms with Gasteiger partial charge in [0.2, 0.25) is 0 Å². The zero-order valence-electron chi connectivity index (χ0n) is 17.7. The van der Waals surface area contributed by atoms with Crippen LogP contribution in [0.2, 0.25) is 0 Å². The van der Waals surface area contributed by atoms with Gasteiger partial charge in [0.1, 0.15) is 5.95 Å². The van der Waals surface area contributed by atoms with Crippen LogP contribution >= 0.6 is 0 Å². The summed E-state index contributed by atoms with van der Waals surface area (Å²) in [7, 11) is 0. The number of nitrogens with zero attached hydrogens (tertiary/aromatic N) is 5. The standard InChI is InChI=1S/C23H17F4N5.Pt/c1-14-15(10-11-20(24)28-14)16-6-4-7-17(29-16)22(2,3)18-8-5-9-21(30-18)32-13-12-19(31-32)23(25,26)27;/h4-9,11-12H,1-3H3;/q-2;+2. The van der Waals surface area contributed by atoms with Crippen molar-refractivity contribution < 1.29 is 38.6 Å². The Kier molecular flexibility index (Phi) is 6.84. The Balaban J connectivity index is 0.00000306. The Morgan fingerprint density at radius 3 is 2.18 bits per heavy atom. The van der Waals surface area contributed by atoms with E-state index in [4.69, 9.17) is 4.98 Å². The molecule has 0 aliphatic heterocycles. The van der Waals surface area contributed by atoms with E-state index in [9.17, 15) is 17.6 Å². The molecule has 0 atom stereocenters. The zero-order chi connectivity index (χ0) is 23.1. The maximum atomic E-state index is 13.4. The zero-order valence-corrected chi connectivity index (χ0v) is 20.0. The maximum Gasteiger partial charge on any atom is 2.00 e. The van der Waals surface area contributed by atoms with E-state index in [1.807, 2.05) is 26.0 Å². The first-order valence-electron chi connectivity index (χ1n) is 9.61. The molecule has 0 N–H and O–H groups in total. The molecule has 33 heavy (non-hydrogen) atoms. The predicted molar refractivity (Wildman–Crippen MR) is 108 cm³/mol. The van der Waals surface area contributed by atoms with Gasteiger partial charge in [-0.2, -0.15) is 13.2 Å². The molecule has 0 unspecified atom stereocenters. The normalized spacial score (nSPS) is 11.8. The Labute approximate surface area is 202 Å². The Bertz CT molecular complexity index is 1280. The van der Waals surface area contributed by atoms with Crippen molar-refractivity contribution in [1.82, 2.24) is 24.7 Å². The summed E-state index contributed by atoms with van der Waals surface area (Å²) >= 11 is 0. The smallest absolute Gasteiger partial charge is 0.343 e. The van der Waals surface area contributed by atoms with Gasteiger partial charge in [-0.15, -0.1) is 17.7 Å². The number of aryl methyl sites for hydroxylation is 1. The molecule has 4 heterocycles. The molecule has 0 aromatic carbocycles. The van der Waals surface area contributed by atoms with Crippen molar-refractivity contribution in [1.29, 1.82) is 0 Å². The van der Waals surface area contributed by atoms with Gasteiger partial charge in [-0.1, -0.05) is 43.5 Å². The molecule has 172 valence electrons. The average Bonchev–Trinajstić information content (AvgIpc) is 3.25. The Morgan fingerprint density at radius 1 is 0.879 bits per heavy atom. The van der Waals surface area contributed by atoms with Crippen molar-refractivity contribution in [2.75, 3.05) is 0 Å². The first kappa shape index (κ1) is 24.7. The van der Waals surface area contributed by atoms with Crippen molar-refractivity contribution in [2.24, 2.45) is 0 Å². The summed E-state index contributed by atoms with van der Waals surface area (Å²) in [6, 6.07) is 15.2. The third-order valence-corrected chi connectivity index (χ3v) is 5.03. The number of hydrogen-bond donors (Lipinski definition) is 0. The molecule has 0 aliphatic carbocycles. The fourth-order valence-corrected chi connectivity index (χ4v) is 3.23. The second-order valence-electron chi connectivity index (χ2n) is 7.67. The molecule has 5 nitrogen and oxygen atoms in total. The first-order valence-corrected chi connectivity index (χ1v) is 9.61. The van der Waals surface area contributed by atoms with Crippen LogP contribution in [-0.2, 0) is 32.7 Å². The van der Waals surface area contributed by atoms with Crippen LogP contribution in [0.1, 0.15) is 36.6 Å². The average molecular weight is 634 g/mol. The van der Waals surface area contributed by atoms with E-state index < -0.39 is 23.2 Å². The van der Waals surface area contributed by atoms with Gasteiger partial charge in [0.25, 0.3) is 0 Å². The monoisotopic (exact) mass is 634 g/mol. The van der Waals surface area contributed by atoms with E-state index in [2.05, 4.69) is 27.3 Å². The first-order chi connectivity index (χ1) is 15.1. The fraction of sp³-hybridized carbons (Fsp3) is 0.217.